The lowest BCUT2D eigenvalue weighted by atomic mass is 10.4. The van der Waals surface area contributed by atoms with Gasteiger partial charge < -0.3 is 9.47 Å². The van der Waals surface area contributed by atoms with E-state index in [1.54, 1.807) is 0 Å². The molecule has 0 aromatic carbocycles. The van der Waals surface area contributed by atoms with E-state index in [-0.39, 0.29) is 6.42 Å². The van der Waals surface area contributed by atoms with E-state index in [4.69, 9.17) is 9.47 Å². The summed E-state index contributed by atoms with van der Waals surface area (Å²) < 4.78 is 9.91. The first-order chi connectivity index (χ1) is 8.79. The van der Waals surface area contributed by atoms with E-state index in [1.807, 2.05) is 23.5 Å². The van der Waals surface area contributed by atoms with Gasteiger partial charge in [-0.1, -0.05) is 0 Å². The van der Waals surface area contributed by atoms with Crippen molar-refractivity contribution >= 4 is 35.5 Å². The minimum Gasteiger partial charge on any atom is -0.465 e. The Morgan fingerprint density at radius 1 is 0.722 bits per heavy atom. The highest BCUT2D eigenvalue weighted by Gasteiger charge is 2.11. The highest BCUT2D eigenvalue weighted by atomic mass is 32.2. The number of ether oxygens (including phenoxy) is 2. The molecule has 1 saturated heterocycles. The summed E-state index contributed by atoms with van der Waals surface area (Å²) in [4.78, 5) is 22.5. The molecule has 0 saturated carbocycles. The van der Waals surface area contributed by atoms with Crippen LogP contribution >= 0.6 is 23.5 Å². The Morgan fingerprint density at radius 2 is 1.17 bits per heavy atom. The van der Waals surface area contributed by atoms with Crippen LogP contribution in [0.3, 0.4) is 0 Å². The molecule has 4 nitrogen and oxygen atoms in total. The molecule has 1 fully saturated rings. The molecule has 0 atom stereocenters. The Kier molecular flexibility index (Phi) is 9.20. The lowest BCUT2D eigenvalue weighted by Crippen LogP contribution is -2.15. The van der Waals surface area contributed by atoms with E-state index in [0.717, 1.165) is 35.9 Å². The summed E-state index contributed by atoms with van der Waals surface area (Å²) in [6, 6.07) is 0. The van der Waals surface area contributed by atoms with Gasteiger partial charge in [0.1, 0.15) is 6.42 Å². The van der Waals surface area contributed by atoms with E-state index >= 15 is 0 Å². The van der Waals surface area contributed by atoms with Crippen molar-refractivity contribution in [2.45, 2.75) is 25.7 Å². The number of cyclic esters (lactones) is 2. The van der Waals surface area contributed by atoms with Crippen LogP contribution < -0.4 is 0 Å². The second-order valence-corrected chi connectivity index (χ2v) is 6.35. The van der Waals surface area contributed by atoms with E-state index in [1.165, 1.54) is 6.42 Å². The molecule has 0 spiro atoms. The summed E-state index contributed by atoms with van der Waals surface area (Å²) >= 11 is 3.79. The van der Waals surface area contributed by atoms with Crippen molar-refractivity contribution in [1.29, 1.82) is 0 Å². The quantitative estimate of drug-likeness (QED) is 0.503. The van der Waals surface area contributed by atoms with Crippen molar-refractivity contribution < 1.29 is 19.1 Å². The molecule has 1 aliphatic rings. The van der Waals surface area contributed by atoms with Crippen molar-refractivity contribution in [3.63, 3.8) is 0 Å². The summed E-state index contributed by atoms with van der Waals surface area (Å²) in [5, 5.41) is 0. The first kappa shape index (κ1) is 15.7. The molecule has 0 aliphatic carbocycles. The molecule has 18 heavy (non-hydrogen) atoms. The highest BCUT2D eigenvalue weighted by molar-refractivity contribution is 8.00. The molecule has 0 radical (unpaired) electrons. The fourth-order valence-electron chi connectivity index (χ4n) is 1.38. The Hall–Kier alpha value is -0.360. The van der Waals surface area contributed by atoms with Gasteiger partial charge in [0.25, 0.3) is 0 Å². The van der Waals surface area contributed by atoms with Crippen molar-refractivity contribution in [3.05, 3.63) is 0 Å². The third-order valence-electron chi connectivity index (χ3n) is 2.26. The standard InChI is InChI=1S/C12H20O4S2/c13-11-10-12(14)16-5-2-7-18-9-3-8-17-6-1-4-15-11/h1-10H2. The monoisotopic (exact) mass is 292 g/mol. The van der Waals surface area contributed by atoms with Crippen LogP contribution in [-0.2, 0) is 19.1 Å². The van der Waals surface area contributed by atoms with Crippen LogP contribution in [0.25, 0.3) is 0 Å². The molecule has 6 heteroatoms. The zero-order valence-corrected chi connectivity index (χ0v) is 12.2. The third kappa shape index (κ3) is 8.69. The second kappa shape index (κ2) is 10.6. The van der Waals surface area contributed by atoms with Crippen molar-refractivity contribution in [1.82, 2.24) is 0 Å². The van der Waals surface area contributed by atoms with Gasteiger partial charge in [0.05, 0.1) is 13.2 Å². The average Bonchev–Trinajstić information content (AvgIpc) is 2.33. The normalized spacial score (nSPS) is 22.0. The fourth-order valence-corrected chi connectivity index (χ4v) is 3.31. The van der Waals surface area contributed by atoms with Crippen LogP contribution in [0.5, 0.6) is 0 Å². The van der Waals surface area contributed by atoms with Gasteiger partial charge in [-0.2, -0.15) is 23.5 Å². The average molecular weight is 292 g/mol. The molecule has 0 unspecified atom stereocenters. The van der Waals surface area contributed by atoms with Gasteiger partial charge in [0.2, 0.25) is 0 Å². The Bertz CT molecular complexity index is 234. The SMILES string of the molecule is O=C1CC(=O)OCCCSCCCSCCCO1. The first-order valence-corrected chi connectivity index (χ1v) is 8.57. The van der Waals surface area contributed by atoms with E-state index < -0.39 is 11.9 Å². The van der Waals surface area contributed by atoms with E-state index in [0.29, 0.717) is 13.2 Å². The smallest absolute Gasteiger partial charge is 0.317 e. The van der Waals surface area contributed by atoms with Gasteiger partial charge in [-0.05, 0) is 42.3 Å². The summed E-state index contributed by atoms with van der Waals surface area (Å²) in [6.07, 6.45) is 2.63. The Balaban J connectivity index is 2.23. The third-order valence-corrected chi connectivity index (χ3v) is 4.57. The highest BCUT2D eigenvalue weighted by Crippen LogP contribution is 2.10. The van der Waals surface area contributed by atoms with Gasteiger partial charge in [-0.3, -0.25) is 9.59 Å². The fraction of sp³-hybridized carbons (Fsp3) is 0.833. The van der Waals surface area contributed by atoms with Gasteiger partial charge in [-0.25, -0.2) is 0 Å². The summed E-state index contributed by atoms with van der Waals surface area (Å²) in [7, 11) is 0. The van der Waals surface area contributed by atoms with Gasteiger partial charge in [0.15, 0.2) is 0 Å². The number of rotatable bonds is 0. The number of hydrogen-bond acceptors (Lipinski definition) is 6. The molecule has 0 aromatic heterocycles. The maximum absolute atomic E-state index is 11.3. The lowest BCUT2D eigenvalue weighted by molar-refractivity contribution is -0.154. The van der Waals surface area contributed by atoms with Crippen LogP contribution in [0.2, 0.25) is 0 Å². The molecule has 0 bridgehead atoms. The molecule has 0 N–H and O–H groups in total. The largest absolute Gasteiger partial charge is 0.465 e. The molecule has 0 aromatic rings. The number of carbonyl (C=O) groups is 2. The molecule has 1 aliphatic heterocycles. The van der Waals surface area contributed by atoms with E-state index in [2.05, 4.69) is 0 Å². The second-order valence-electron chi connectivity index (χ2n) is 3.90. The van der Waals surface area contributed by atoms with E-state index in [9.17, 15) is 9.59 Å². The van der Waals surface area contributed by atoms with Crippen LogP contribution in [0.1, 0.15) is 25.7 Å². The van der Waals surface area contributed by atoms with Crippen LogP contribution in [0, 0.1) is 0 Å². The van der Waals surface area contributed by atoms with Gasteiger partial charge in [0, 0.05) is 0 Å². The molecular formula is C12H20O4S2. The maximum Gasteiger partial charge on any atom is 0.317 e. The molecule has 1 heterocycles. The Morgan fingerprint density at radius 3 is 1.67 bits per heavy atom. The molecule has 104 valence electrons. The lowest BCUT2D eigenvalue weighted by Gasteiger charge is -2.07. The molecule has 1 rings (SSSR count). The van der Waals surface area contributed by atoms with Crippen molar-refractivity contribution in [2.24, 2.45) is 0 Å². The van der Waals surface area contributed by atoms with Gasteiger partial charge in [-0.15, -0.1) is 0 Å². The predicted molar refractivity (Wildman–Crippen MR) is 75.0 cm³/mol. The maximum atomic E-state index is 11.3. The topological polar surface area (TPSA) is 52.6 Å². The minimum atomic E-state index is -0.480. The molecule has 0 amide bonds. The van der Waals surface area contributed by atoms with Crippen LogP contribution in [0.4, 0.5) is 0 Å². The first-order valence-electron chi connectivity index (χ1n) is 6.26. The number of carbonyl (C=O) groups excluding carboxylic acids is 2. The number of thioether (sulfide) groups is 2. The van der Waals surface area contributed by atoms with Crippen LogP contribution in [0.15, 0.2) is 0 Å². The zero-order valence-electron chi connectivity index (χ0n) is 10.5. The molecular weight excluding hydrogens is 272 g/mol. The van der Waals surface area contributed by atoms with Crippen molar-refractivity contribution in [3.8, 4) is 0 Å². The van der Waals surface area contributed by atoms with Crippen molar-refractivity contribution in [2.75, 3.05) is 36.2 Å². The Labute approximate surface area is 117 Å². The number of hydrogen-bond donors (Lipinski definition) is 0. The zero-order chi connectivity index (χ0) is 13.1. The minimum absolute atomic E-state index is 0.264. The summed E-state index contributed by atoms with van der Waals surface area (Å²) in [6.45, 7) is 0.793. The summed E-state index contributed by atoms with van der Waals surface area (Å²) in [5.41, 5.74) is 0. The predicted octanol–water partition coefficient (Wildman–Crippen LogP) is 2.11. The summed E-state index contributed by atoms with van der Waals surface area (Å²) in [5.74, 6) is 3.37. The van der Waals surface area contributed by atoms with Gasteiger partial charge >= 0.3 is 11.9 Å². The number of esters is 2. The van der Waals surface area contributed by atoms with Crippen LogP contribution in [-0.4, -0.2) is 48.2 Å².